The lowest BCUT2D eigenvalue weighted by Gasteiger charge is -2.26. The number of carboxylic acids is 2. The van der Waals surface area contributed by atoms with Crippen LogP contribution in [-0.2, 0) is 14.3 Å². The number of hydrogen-bond donors (Lipinski definition) is 2. The Balaban J connectivity index is 2.55. The molecule has 0 spiro atoms. The molecule has 6 nitrogen and oxygen atoms in total. The van der Waals surface area contributed by atoms with Crippen molar-refractivity contribution in [3.63, 3.8) is 0 Å². The standard InChI is InChI=1S/C17H29NO5/c1-13(2)6-7-15(17(21)22)14(16(19)20)5-3-4-8-18-9-11-23-12-10-18/h13H,3-12H2,1-2H3,(H,19,20)(H,21,22)/b15-14+. The van der Waals surface area contributed by atoms with E-state index in [9.17, 15) is 19.8 Å². The van der Waals surface area contributed by atoms with E-state index in [-0.39, 0.29) is 11.1 Å². The molecule has 0 aromatic rings. The van der Waals surface area contributed by atoms with Crippen molar-refractivity contribution in [3.05, 3.63) is 11.1 Å². The van der Waals surface area contributed by atoms with E-state index in [2.05, 4.69) is 4.90 Å². The van der Waals surface area contributed by atoms with E-state index in [4.69, 9.17) is 4.74 Å². The first-order chi connectivity index (χ1) is 10.9. The second-order valence-electron chi connectivity index (χ2n) is 6.41. The van der Waals surface area contributed by atoms with Crippen molar-refractivity contribution < 1.29 is 24.5 Å². The van der Waals surface area contributed by atoms with E-state index in [0.29, 0.717) is 31.6 Å². The molecular formula is C17H29NO5. The molecule has 0 bridgehead atoms. The summed E-state index contributed by atoms with van der Waals surface area (Å²) < 4.78 is 5.29. The summed E-state index contributed by atoms with van der Waals surface area (Å²) in [5.74, 6) is -1.85. The fraction of sp³-hybridized carbons (Fsp3) is 0.765. The van der Waals surface area contributed by atoms with Gasteiger partial charge >= 0.3 is 11.9 Å². The van der Waals surface area contributed by atoms with Crippen molar-refractivity contribution in [1.29, 1.82) is 0 Å². The Bertz CT molecular complexity index is 425. The number of nitrogens with zero attached hydrogens (tertiary/aromatic N) is 1. The van der Waals surface area contributed by atoms with Gasteiger partial charge in [-0.2, -0.15) is 0 Å². The molecule has 6 heteroatoms. The fourth-order valence-corrected chi connectivity index (χ4v) is 2.67. The number of rotatable bonds is 10. The maximum Gasteiger partial charge on any atom is 0.332 e. The molecule has 0 aromatic carbocycles. The van der Waals surface area contributed by atoms with Crippen molar-refractivity contribution in [1.82, 2.24) is 4.90 Å². The highest BCUT2D eigenvalue weighted by molar-refractivity contribution is 5.98. The Kier molecular flexibility index (Phi) is 8.87. The molecule has 132 valence electrons. The van der Waals surface area contributed by atoms with Gasteiger partial charge in [0.25, 0.3) is 0 Å². The van der Waals surface area contributed by atoms with E-state index in [1.54, 1.807) is 0 Å². The molecule has 1 fully saturated rings. The summed E-state index contributed by atoms with van der Waals surface area (Å²) in [4.78, 5) is 25.1. The second kappa shape index (κ2) is 10.4. The highest BCUT2D eigenvalue weighted by Gasteiger charge is 2.20. The first-order valence-electron chi connectivity index (χ1n) is 8.40. The SMILES string of the molecule is CC(C)CC/C(C(=O)O)=C(/CCCCN1CCOCC1)C(=O)O. The topological polar surface area (TPSA) is 87.1 Å². The molecule has 0 aromatic heterocycles. The molecule has 1 rings (SSSR count). The van der Waals surface area contributed by atoms with Crippen LogP contribution >= 0.6 is 0 Å². The van der Waals surface area contributed by atoms with Crippen molar-refractivity contribution in [2.24, 2.45) is 5.92 Å². The lowest BCUT2D eigenvalue weighted by Crippen LogP contribution is -2.36. The predicted octanol–water partition coefficient (Wildman–Crippen LogP) is 2.39. The molecule has 1 aliphatic rings. The molecule has 1 heterocycles. The van der Waals surface area contributed by atoms with E-state index < -0.39 is 11.9 Å². The zero-order valence-corrected chi connectivity index (χ0v) is 14.2. The molecule has 0 saturated carbocycles. The molecule has 0 aliphatic carbocycles. The van der Waals surface area contributed by atoms with E-state index >= 15 is 0 Å². The minimum Gasteiger partial charge on any atom is -0.478 e. The molecule has 1 saturated heterocycles. The van der Waals surface area contributed by atoms with Crippen molar-refractivity contribution in [2.75, 3.05) is 32.8 Å². The third-order valence-electron chi connectivity index (χ3n) is 4.11. The van der Waals surface area contributed by atoms with Crippen molar-refractivity contribution in [3.8, 4) is 0 Å². The summed E-state index contributed by atoms with van der Waals surface area (Å²) in [6.07, 6.45) is 2.88. The van der Waals surface area contributed by atoms with Crippen LogP contribution in [0.2, 0.25) is 0 Å². The molecule has 23 heavy (non-hydrogen) atoms. The van der Waals surface area contributed by atoms with E-state index in [0.717, 1.165) is 39.3 Å². The van der Waals surface area contributed by atoms with Gasteiger partial charge in [-0.3, -0.25) is 4.90 Å². The number of carbonyl (C=O) groups is 2. The first-order valence-corrected chi connectivity index (χ1v) is 8.40. The number of ether oxygens (including phenoxy) is 1. The first kappa shape index (κ1) is 19.6. The van der Waals surface area contributed by atoms with Gasteiger partial charge in [-0.15, -0.1) is 0 Å². The number of hydrogen-bond acceptors (Lipinski definition) is 4. The fourth-order valence-electron chi connectivity index (χ4n) is 2.67. The van der Waals surface area contributed by atoms with Crippen molar-refractivity contribution in [2.45, 2.75) is 46.0 Å². The average Bonchev–Trinajstić information content (AvgIpc) is 2.49. The van der Waals surface area contributed by atoms with Crippen LogP contribution in [0.3, 0.4) is 0 Å². The Morgan fingerprint density at radius 1 is 1.00 bits per heavy atom. The number of morpholine rings is 1. The van der Waals surface area contributed by atoms with Crippen LogP contribution in [0.1, 0.15) is 46.0 Å². The molecule has 1 aliphatic heterocycles. The van der Waals surface area contributed by atoms with Gasteiger partial charge in [0.2, 0.25) is 0 Å². The smallest absolute Gasteiger partial charge is 0.332 e. The molecular weight excluding hydrogens is 298 g/mol. The third kappa shape index (κ3) is 7.61. The number of unbranched alkanes of at least 4 members (excludes halogenated alkanes) is 1. The minimum atomic E-state index is -1.10. The summed E-state index contributed by atoms with van der Waals surface area (Å²) in [7, 11) is 0. The van der Waals surface area contributed by atoms with Gasteiger partial charge in [0.15, 0.2) is 0 Å². The molecule has 0 radical (unpaired) electrons. The zero-order chi connectivity index (χ0) is 17.2. The van der Waals surface area contributed by atoms with Crippen LogP contribution in [-0.4, -0.2) is 59.9 Å². The lowest BCUT2D eigenvalue weighted by atomic mass is 9.95. The Morgan fingerprint density at radius 2 is 1.57 bits per heavy atom. The van der Waals surface area contributed by atoms with Crippen LogP contribution in [0.4, 0.5) is 0 Å². The van der Waals surface area contributed by atoms with Gasteiger partial charge in [-0.05, 0) is 44.6 Å². The number of carboxylic acid groups (broad SMARTS) is 2. The van der Waals surface area contributed by atoms with Gasteiger partial charge < -0.3 is 14.9 Å². The number of aliphatic carboxylic acids is 2. The molecule has 2 N–H and O–H groups in total. The lowest BCUT2D eigenvalue weighted by molar-refractivity contribution is -0.136. The molecule has 0 unspecified atom stereocenters. The molecule has 0 amide bonds. The van der Waals surface area contributed by atoms with Gasteiger partial charge in [-0.1, -0.05) is 13.8 Å². The van der Waals surface area contributed by atoms with Gasteiger partial charge in [0.1, 0.15) is 0 Å². The van der Waals surface area contributed by atoms with Crippen LogP contribution in [0.15, 0.2) is 11.1 Å². The maximum atomic E-state index is 11.4. The van der Waals surface area contributed by atoms with Crippen LogP contribution in [0.25, 0.3) is 0 Å². The monoisotopic (exact) mass is 327 g/mol. The van der Waals surface area contributed by atoms with Gasteiger partial charge in [0.05, 0.1) is 13.2 Å². The maximum absolute atomic E-state index is 11.4. The quantitative estimate of drug-likeness (QED) is 0.473. The summed E-state index contributed by atoms with van der Waals surface area (Å²) in [6.45, 7) is 8.24. The zero-order valence-electron chi connectivity index (χ0n) is 14.2. The van der Waals surface area contributed by atoms with Crippen LogP contribution in [0, 0.1) is 5.92 Å². The van der Waals surface area contributed by atoms with E-state index in [1.807, 2.05) is 13.8 Å². The normalized spacial score (nSPS) is 17.2. The van der Waals surface area contributed by atoms with E-state index in [1.165, 1.54) is 0 Å². The summed E-state index contributed by atoms with van der Waals surface area (Å²) in [5, 5.41) is 18.7. The Hall–Kier alpha value is -1.40. The minimum absolute atomic E-state index is 0.0672. The van der Waals surface area contributed by atoms with Gasteiger partial charge in [-0.25, -0.2) is 9.59 Å². The average molecular weight is 327 g/mol. The molecule has 0 atom stereocenters. The Morgan fingerprint density at radius 3 is 2.09 bits per heavy atom. The summed E-state index contributed by atoms with van der Waals surface area (Å²) in [5.41, 5.74) is 0.137. The highest BCUT2D eigenvalue weighted by atomic mass is 16.5. The predicted molar refractivity (Wildman–Crippen MR) is 87.5 cm³/mol. The summed E-state index contributed by atoms with van der Waals surface area (Å²) >= 11 is 0. The van der Waals surface area contributed by atoms with Crippen LogP contribution < -0.4 is 0 Å². The second-order valence-corrected chi connectivity index (χ2v) is 6.41. The van der Waals surface area contributed by atoms with Gasteiger partial charge in [0, 0.05) is 24.2 Å². The Labute approximate surface area is 138 Å². The van der Waals surface area contributed by atoms with Crippen molar-refractivity contribution >= 4 is 11.9 Å². The third-order valence-corrected chi connectivity index (χ3v) is 4.11. The summed E-state index contributed by atoms with van der Waals surface area (Å²) in [6, 6.07) is 0. The van der Waals surface area contributed by atoms with Crippen LogP contribution in [0.5, 0.6) is 0 Å². The largest absolute Gasteiger partial charge is 0.478 e. The highest BCUT2D eigenvalue weighted by Crippen LogP contribution is 2.20.